The third kappa shape index (κ3) is 16.1. The summed E-state index contributed by atoms with van der Waals surface area (Å²) in [5.74, 6) is -2.95. The Morgan fingerprint density at radius 2 is 1.53 bits per heavy atom. The summed E-state index contributed by atoms with van der Waals surface area (Å²) < 4.78 is 84.7. The molecule has 0 amide bonds. The van der Waals surface area contributed by atoms with Gasteiger partial charge in [-0.2, -0.15) is 26.3 Å². The Kier molecular flexibility index (Phi) is 16.3. The zero-order valence-corrected chi connectivity index (χ0v) is 20.2. The normalized spacial score (nSPS) is 11.5. The number of ether oxygens (including phenoxy) is 3. The van der Waals surface area contributed by atoms with E-state index in [1.807, 2.05) is 0 Å². The number of halogens is 6. The summed E-state index contributed by atoms with van der Waals surface area (Å²) in [6, 6.07) is 1.84. The van der Waals surface area contributed by atoms with E-state index >= 15 is 0 Å². The van der Waals surface area contributed by atoms with Gasteiger partial charge in [-0.3, -0.25) is 4.79 Å². The van der Waals surface area contributed by atoms with Crippen molar-refractivity contribution in [1.82, 2.24) is 4.98 Å². The molecule has 0 spiro atoms. The zero-order chi connectivity index (χ0) is 28.5. The first-order chi connectivity index (χ1) is 16.5. The van der Waals surface area contributed by atoms with Crippen LogP contribution in [0.2, 0.25) is 0 Å². The number of aromatic nitrogens is 1. The average Bonchev–Trinajstić information content (AvgIpc) is 2.73. The molecular formula is C22H28F6N2O6. The van der Waals surface area contributed by atoms with Crippen molar-refractivity contribution >= 4 is 17.7 Å². The lowest BCUT2D eigenvalue weighted by molar-refractivity contribution is -0.165. The molecule has 0 aliphatic rings. The van der Waals surface area contributed by atoms with Crippen LogP contribution in [-0.4, -0.2) is 48.7 Å². The molecule has 1 aromatic heterocycles. The number of aryl methyl sites for hydroxylation is 1. The maximum absolute atomic E-state index is 12.3. The van der Waals surface area contributed by atoms with Crippen LogP contribution in [0.5, 0.6) is 0 Å². The first-order valence-electron chi connectivity index (χ1n) is 10.2. The minimum atomic E-state index is -4.80. The second-order valence-electron chi connectivity index (χ2n) is 6.31. The zero-order valence-electron chi connectivity index (χ0n) is 20.2. The predicted octanol–water partition coefficient (Wildman–Crippen LogP) is 4.67. The number of hydrogen-bond acceptors (Lipinski definition) is 8. The maximum Gasteiger partial charge on any atom is 0.454 e. The van der Waals surface area contributed by atoms with Crippen LogP contribution in [0.25, 0.3) is 0 Å². The van der Waals surface area contributed by atoms with Crippen LogP contribution in [0.1, 0.15) is 49.4 Å². The molecule has 0 unspecified atom stereocenters. The van der Waals surface area contributed by atoms with E-state index < -0.39 is 29.8 Å². The van der Waals surface area contributed by atoms with Gasteiger partial charge in [0, 0.05) is 17.8 Å². The fourth-order valence-electron chi connectivity index (χ4n) is 1.81. The van der Waals surface area contributed by atoms with Crippen molar-refractivity contribution in [2.24, 2.45) is 5.73 Å². The number of hydrogen-bond donors (Lipinski definition) is 1. The predicted molar refractivity (Wildman–Crippen MR) is 116 cm³/mol. The molecule has 0 bridgehead atoms. The summed E-state index contributed by atoms with van der Waals surface area (Å²) in [5.41, 5.74) is 4.69. The molecule has 0 saturated carbocycles. The van der Waals surface area contributed by atoms with Gasteiger partial charge in [-0.15, -0.1) is 0 Å². The number of pyridine rings is 1. The molecule has 204 valence electrons. The minimum absolute atomic E-state index is 0.00766. The van der Waals surface area contributed by atoms with Gasteiger partial charge in [0.1, 0.15) is 5.69 Å². The number of allylic oxidation sites excluding steroid dienone is 2. The number of alkyl halides is 6. The number of carbonyl (C=O) groups excluding carboxylic acids is 3. The monoisotopic (exact) mass is 530 g/mol. The average molecular weight is 530 g/mol. The molecule has 14 heteroatoms. The van der Waals surface area contributed by atoms with Crippen LogP contribution in [-0.2, 0) is 30.0 Å². The highest BCUT2D eigenvalue weighted by molar-refractivity contribution is 5.94. The molecule has 1 aromatic rings. The lowest BCUT2D eigenvalue weighted by Crippen LogP contribution is -2.19. The topological polar surface area (TPSA) is 118 Å². The number of carbonyl (C=O) groups is 3. The fourth-order valence-corrected chi connectivity index (χ4v) is 1.81. The molecule has 1 rings (SSSR count). The Balaban J connectivity index is 0. The molecule has 0 aliphatic carbocycles. The van der Waals surface area contributed by atoms with Crippen molar-refractivity contribution in [1.29, 1.82) is 0 Å². The molecule has 1 heterocycles. The summed E-state index contributed by atoms with van der Waals surface area (Å²) in [6.45, 7) is 8.73. The number of rotatable bonds is 7. The van der Waals surface area contributed by atoms with E-state index in [-0.39, 0.29) is 30.4 Å². The summed E-state index contributed by atoms with van der Waals surface area (Å²) in [5, 5.41) is 0. The molecule has 0 radical (unpaired) electrons. The SMILES string of the molecule is CCO/C=C/C(=O)C(F)(F)F.CCOC(=O)/C=C(/C)N.CCOC(=O)c1ccc(C(F)(F)F)nc1C. The van der Waals surface area contributed by atoms with Crippen molar-refractivity contribution in [2.45, 2.75) is 47.0 Å². The van der Waals surface area contributed by atoms with E-state index in [1.165, 1.54) is 13.0 Å². The van der Waals surface area contributed by atoms with Crippen LogP contribution in [0.15, 0.2) is 36.2 Å². The summed E-state index contributed by atoms with van der Waals surface area (Å²) in [6.07, 6.45) is -6.96. The van der Waals surface area contributed by atoms with Crippen LogP contribution in [0.3, 0.4) is 0 Å². The van der Waals surface area contributed by atoms with Gasteiger partial charge < -0.3 is 19.9 Å². The van der Waals surface area contributed by atoms with Gasteiger partial charge in [0.05, 0.1) is 37.3 Å². The Morgan fingerprint density at radius 3 is 1.92 bits per heavy atom. The summed E-state index contributed by atoms with van der Waals surface area (Å²) in [7, 11) is 0. The lowest BCUT2D eigenvalue weighted by atomic mass is 10.2. The number of nitrogens with zero attached hydrogens (tertiary/aromatic N) is 1. The van der Waals surface area contributed by atoms with Crippen LogP contribution < -0.4 is 5.73 Å². The van der Waals surface area contributed by atoms with E-state index in [1.54, 1.807) is 27.7 Å². The van der Waals surface area contributed by atoms with Crippen LogP contribution in [0.4, 0.5) is 26.3 Å². The van der Waals surface area contributed by atoms with Crippen molar-refractivity contribution in [3.8, 4) is 0 Å². The van der Waals surface area contributed by atoms with Gasteiger partial charge in [0.25, 0.3) is 5.78 Å². The largest absolute Gasteiger partial charge is 0.501 e. The molecular weight excluding hydrogens is 502 g/mol. The molecule has 0 aromatic carbocycles. The molecule has 0 saturated heterocycles. The third-order valence-electron chi connectivity index (χ3n) is 3.27. The highest BCUT2D eigenvalue weighted by Crippen LogP contribution is 2.28. The second-order valence-corrected chi connectivity index (χ2v) is 6.31. The first-order valence-corrected chi connectivity index (χ1v) is 10.2. The lowest BCUT2D eigenvalue weighted by Gasteiger charge is -2.09. The van der Waals surface area contributed by atoms with E-state index in [4.69, 9.17) is 5.73 Å². The van der Waals surface area contributed by atoms with Gasteiger partial charge in [-0.05, 0) is 46.8 Å². The number of esters is 2. The van der Waals surface area contributed by atoms with Gasteiger partial charge in [0.15, 0.2) is 0 Å². The molecule has 36 heavy (non-hydrogen) atoms. The van der Waals surface area contributed by atoms with Gasteiger partial charge >= 0.3 is 24.3 Å². The van der Waals surface area contributed by atoms with E-state index in [2.05, 4.69) is 19.2 Å². The van der Waals surface area contributed by atoms with Crippen molar-refractivity contribution in [3.63, 3.8) is 0 Å². The van der Waals surface area contributed by atoms with Crippen molar-refractivity contribution < 1.29 is 54.9 Å². The smallest absolute Gasteiger partial charge is 0.454 e. The van der Waals surface area contributed by atoms with Gasteiger partial charge in [0.2, 0.25) is 0 Å². The molecule has 0 aliphatic heterocycles. The fraction of sp³-hybridized carbons (Fsp3) is 0.455. The number of ketones is 1. The Hall–Kier alpha value is -3.58. The van der Waals surface area contributed by atoms with E-state index in [9.17, 15) is 40.7 Å². The second kappa shape index (κ2) is 16.9. The maximum atomic E-state index is 12.3. The third-order valence-corrected chi connectivity index (χ3v) is 3.27. The highest BCUT2D eigenvalue weighted by atomic mass is 19.4. The van der Waals surface area contributed by atoms with Crippen molar-refractivity contribution in [3.05, 3.63) is 53.2 Å². The first kappa shape index (κ1) is 34.6. The number of nitrogens with two attached hydrogens (primary N) is 1. The van der Waals surface area contributed by atoms with Crippen LogP contribution in [0, 0.1) is 6.92 Å². The quantitative estimate of drug-likeness (QED) is 0.234. The molecule has 8 nitrogen and oxygen atoms in total. The summed E-state index contributed by atoms with van der Waals surface area (Å²) >= 11 is 0. The molecule has 2 N–H and O–H groups in total. The van der Waals surface area contributed by atoms with Crippen LogP contribution >= 0.6 is 0 Å². The minimum Gasteiger partial charge on any atom is -0.501 e. The Labute approximate surface area is 204 Å². The molecule has 0 fully saturated rings. The van der Waals surface area contributed by atoms with Gasteiger partial charge in [-0.25, -0.2) is 14.6 Å². The molecule has 0 atom stereocenters. The standard InChI is InChI=1S/C10H10F3NO2.C6H7F3O2.C6H11NO2/c1-3-16-9(15)7-4-5-8(10(11,12)13)14-6(7)2;1-2-11-4-3-5(10)6(7,8)9;1-3-9-6(8)4-5(2)7/h4-5H,3H2,1-2H3;3-4H,2H2,1H3;4H,3,7H2,1-2H3/b;4-3+;5-4-. The summed E-state index contributed by atoms with van der Waals surface area (Å²) in [4.78, 5) is 35.1. The van der Waals surface area contributed by atoms with Crippen molar-refractivity contribution in [2.75, 3.05) is 19.8 Å². The van der Waals surface area contributed by atoms with E-state index in [0.717, 1.165) is 18.4 Å². The Morgan fingerprint density at radius 1 is 0.972 bits per heavy atom. The highest BCUT2D eigenvalue weighted by Gasteiger charge is 2.36. The Bertz CT molecular complexity index is 907. The van der Waals surface area contributed by atoms with Gasteiger partial charge in [-0.1, -0.05) is 0 Å². The van der Waals surface area contributed by atoms with E-state index in [0.29, 0.717) is 18.4 Å².